The van der Waals surface area contributed by atoms with Gasteiger partial charge in [0.05, 0.1) is 5.69 Å². The van der Waals surface area contributed by atoms with Crippen molar-refractivity contribution in [1.29, 1.82) is 0 Å². The van der Waals surface area contributed by atoms with E-state index in [1.54, 1.807) is 16.6 Å². The van der Waals surface area contributed by atoms with Crippen LogP contribution in [0.25, 0.3) is 0 Å². The Morgan fingerprint density at radius 1 is 1.15 bits per heavy atom. The van der Waals surface area contributed by atoms with Gasteiger partial charge in [-0.15, -0.1) is 0 Å². The fourth-order valence-electron chi connectivity index (χ4n) is 1.70. The van der Waals surface area contributed by atoms with Gasteiger partial charge in [0.2, 0.25) is 11.9 Å². The van der Waals surface area contributed by atoms with Crippen molar-refractivity contribution in [2.45, 2.75) is 13.8 Å². The first kappa shape index (κ1) is 14.0. The number of hydrogen-bond acceptors (Lipinski definition) is 7. The van der Waals surface area contributed by atoms with Crippen LogP contribution >= 0.6 is 0 Å². The monoisotopic (exact) mass is 277 g/mol. The zero-order chi connectivity index (χ0) is 14.9. The van der Waals surface area contributed by atoms with E-state index in [4.69, 9.17) is 4.74 Å². The molecule has 0 amide bonds. The van der Waals surface area contributed by atoms with Gasteiger partial charge < -0.3 is 15.0 Å². The van der Waals surface area contributed by atoms with Crippen molar-refractivity contribution < 1.29 is 4.74 Å². The normalized spacial score (nSPS) is 10.5. The van der Waals surface area contributed by atoms with E-state index in [0.29, 0.717) is 17.6 Å². The van der Waals surface area contributed by atoms with Crippen molar-refractivity contribution in [2.75, 3.05) is 31.4 Å². The van der Waals surface area contributed by atoms with E-state index in [1.807, 2.05) is 35.0 Å². The summed E-state index contributed by atoms with van der Waals surface area (Å²) in [5.41, 5.74) is 1.71. The molecule has 2 aromatic rings. The molecule has 0 aromatic carbocycles. The van der Waals surface area contributed by atoms with Crippen molar-refractivity contribution in [2.24, 2.45) is 7.05 Å². The molecule has 0 spiro atoms. The number of ether oxygens (including phenoxy) is 1. The van der Waals surface area contributed by atoms with Gasteiger partial charge in [-0.25, -0.2) is 0 Å². The van der Waals surface area contributed by atoms with Crippen LogP contribution in [-0.4, -0.2) is 45.9 Å². The first-order valence-corrected chi connectivity index (χ1v) is 6.21. The summed E-state index contributed by atoms with van der Waals surface area (Å²) in [7, 11) is 7.34. The molecule has 0 saturated heterocycles. The maximum absolute atomic E-state index is 5.78. The van der Waals surface area contributed by atoms with Crippen molar-refractivity contribution in [3.8, 4) is 11.8 Å². The third-order valence-corrected chi connectivity index (χ3v) is 2.86. The van der Waals surface area contributed by atoms with Crippen LogP contribution in [0.5, 0.6) is 11.8 Å². The van der Waals surface area contributed by atoms with E-state index in [1.165, 1.54) is 0 Å². The Kier molecular flexibility index (Phi) is 3.73. The molecule has 1 N–H and O–H groups in total. The Labute approximate surface area is 117 Å². The van der Waals surface area contributed by atoms with E-state index in [-0.39, 0.29) is 6.01 Å². The second-order valence-electron chi connectivity index (χ2n) is 4.61. The molecule has 8 nitrogen and oxygen atoms in total. The summed E-state index contributed by atoms with van der Waals surface area (Å²) in [5.74, 6) is 1.65. The Hall–Kier alpha value is -2.38. The molecule has 108 valence electrons. The topological polar surface area (TPSA) is 81.0 Å². The van der Waals surface area contributed by atoms with E-state index in [9.17, 15) is 0 Å². The van der Waals surface area contributed by atoms with Crippen LogP contribution < -0.4 is 15.0 Å². The van der Waals surface area contributed by atoms with Gasteiger partial charge in [0.1, 0.15) is 5.69 Å². The SMILES string of the molecule is CNc1nc(Oc2c(C)nn(C)c2C)nc(N(C)C)n1. The fourth-order valence-corrected chi connectivity index (χ4v) is 1.70. The van der Waals surface area contributed by atoms with Gasteiger partial charge in [0.25, 0.3) is 0 Å². The smallest absolute Gasteiger partial charge is 0.328 e. The summed E-state index contributed by atoms with van der Waals surface area (Å²) in [6.07, 6.45) is 0. The zero-order valence-corrected chi connectivity index (χ0v) is 12.6. The highest BCUT2D eigenvalue weighted by Crippen LogP contribution is 2.26. The Bertz CT molecular complexity index is 621. The Balaban J connectivity index is 2.40. The lowest BCUT2D eigenvalue weighted by atomic mass is 10.3. The molecule has 0 saturated carbocycles. The standard InChI is InChI=1S/C12H19N7O/c1-7-9(8(2)19(6)17-7)20-12-15-10(13-3)14-11(16-12)18(4)5/h1-6H3,(H,13,14,15,16). The Morgan fingerprint density at radius 3 is 2.35 bits per heavy atom. The quantitative estimate of drug-likeness (QED) is 0.896. The van der Waals surface area contributed by atoms with Gasteiger partial charge in [-0.2, -0.15) is 20.1 Å². The van der Waals surface area contributed by atoms with Crippen molar-refractivity contribution >= 4 is 11.9 Å². The van der Waals surface area contributed by atoms with Crippen LogP contribution in [-0.2, 0) is 7.05 Å². The largest absolute Gasteiger partial charge is 0.420 e. The van der Waals surface area contributed by atoms with Crippen molar-refractivity contribution in [3.63, 3.8) is 0 Å². The maximum Gasteiger partial charge on any atom is 0.328 e. The van der Waals surface area contributed by atoms with Gasteiger partial charge in [0.15, 0.2) is 5.75 Å². The summed E-state index contributed by atoms with van der Waals surface area (Å²) >= 11 is 0. The van der Waals surface area contributed by atoms with Crippen LogP contribution in [0.2, 0.25) is 0 Å². The molecular formula is C12H19N7O. The summed E-state index contributed by atoms with van der Waals surface area (Å²) in [6, 6.07) is 0.243. The second kappa shape index (κ2) is 5.32. The Morgan fingerprint density at radius 2 is 1.85 bits per heavy atom. The molecule has 20 heavy (non-hydrogen) atoms. The number of anilines is 2. The van der Waals surface area contributed by atoms with Gasteiger partial charge >= 0.3 is 6.01 Å². The first-order chi connectivity index (χ1) is 9.42. The first-order valence-electron chi connectivity index (χ1n) is 6.21. The third-order valence-electron chi connectivity index (χ3n) is 2.86. The number of nitrogens with zero attached hydrogens (tertiary/aromatic N) is 6. The lowest BCUT2D eigenvalue weighted by Crippen LogP contribution is -2.15. The summed E-state index contributed by atoms with van der Waals surface area (Å²) in [5, 5.41) is 7.19. The number of nitrogens with one attached hydrogen (secondary N) is 1. The van der Waals surface area contributed by atoms with Crippen molar-refractivity contribution in [1.82, 2.24) is 24.7 Å². The van der Waals surface area contributed by atoms with Crippen LogP contribution in [0.3, 0.4) is 0 Å². The summed E-state index contributed by atoms with van der Waals surface area (Å²) in [4.78, 5) is 14.5. The zero-order valence-electron chi connectivity index (χ0n) is 12.6. The predicted octanol–water partition coefficient (Wildman–Crippen LogP) is 1.12. The number of aryl methyl sites for hydroxylation is 2. The lowest BCUT2D eigenvalue weighted by Gasteiger charge is -2.12. The molecule has 2 aromatic heterocycles. The summed E-state index contributed by atoms with van der Waals surface area (Å²) in [6.45, 7) is 3.82. The van der Waals surface area contributed by atoms with E-state index in [0.717, 1.165) is 11.4 Å². The highest BCUT2D eigenvalue weighted by atomic mass is 16.5. The fraction of sp³-hybridized carbons (Fsp3) is 0.500. The third kappa shape index (κ3) is 2.63. The van der Waals surface area contributed by atoms with E-state index < -0.39 is 0 Å². The molecule has 0 unspecified atom stereocenters. The molecule has 0 radical (unpaired) electrons. The molecule has 0 atom stereocenters. The second-order valence-corrected chi connectivity index (χ2v) is 4.61. The van der Waals surface area contributed by atoms with Gasteiger partial charge in [-0.05, 0) is 13.8 Å². The van der Waals surface area contributed by atoms with Gasteiger partial charge in [0, 0.05) is 28.2 Å². The van der Waals surface area contributed by atoms with Crippen molar-refractivity contribution in [3.05, 3.63) is 11.4 Å². The van der Waals surface area contributed by atoms with Gasteiger partial charge in [-0.1, -0.05) is 0 Å². The van der Waals surface area contributed by atoms with Crippen LogP contribution in [0, 0.1) is 13.8 Å². The molecule has 2 rings (SSSR count). The molecular weight excluding hydrogens is 258 g/mol. The van der Waals surface area contributed by atoms with E-state index >= 15 is 0 Å². The molecule has 2 heterocycles. The highest BCUT2D eigenvalue weighted by Gasteiger charge is 2.15. The maximum atomic E-state index is 5.78. The molecule has 0 aliphatic heterocycles. The van der Waals surface area contributed by atoms with Gasteiger partial charge in [-0.3, -0.25) is 4.68 Å². The molecule has 0 aliphatic rings. The van der Waals surface area contributed by atoms with E-state index in [2.05, 4.69) is 25.4 Å². The average Bonchev–Trinajstić information content (AvgIpc) is 2.65. The number of aromatic nitrogens is 5. The number of rotatable bonds is 4. The van der Waals surface area contributed by atoms with Crippen LogP contribution in [0.15, 0.2) is 0 Å². The summed E-state index contributed by atoms with van der Waals surface area (Å²) < 4.78 is 7.54. The minimum atomic E-state index is 0.243. The molecule has 0 aliphatic carbocycles. The molecule has 0 fully saturated rings. The van der Waals surface area contributed by atoms with Crippen LogP contribution in [0.1, 0.15) is 11.4 Å². The lowest BCUT2D eigenvalue weighted by molar-refractivity contribution is 0.433. The average molecular weight is 277 g/mol. The highest BCUT2D eigenvalue weighted by molar-refractivity contribution is 5.39. The predicted molar refractivity (Wildman–Crippen MR) is 76.5 cm³/mol. The minimum Gasteiger partial charge on any atom is -0.420 e. The number of hydrogen-bond donors (Lipinski definition) is 1. The molecule has 8 heteroatoms. The minimum absolute atomic E-state index is 0.243. The van der Waals surface area contributed by atoms with Crippen LogP contribution in [0.4, 0.5) is 11.9 Å². The molecule has 0 bridgehead atoms.